The summed E-state index contributed by atoms with van der Waals surface area (Å²) in [5.41, 5.74) is 1.82. The lowest BCUT2D eigenvalue weighted by molar-refractivity contribution is -0.139. The van der Waals surface area contributed by atoms with Crippen molar-refractivity contribution in [3.05, 3.63) is 70.5 Å². The standard InChI is InChI=1S/C22H26ClFN2O2S/c1-3-20(22(28)25-4-2)26(13-16-8-10-19(24)11-9-16)21(27)15-29-14-17-6-5-7-18(23)12-17/h5-12,20H,3-4,13-15H2,1-2H3,(H,25,28)/t20-/m0/s1. The number of halogens is 2. The van der Waals surface area contributed by atoms with Crippen LogP contribution in [0.25, 0.3) is 0 Å². The molecule has 0 bridgehead atoms. The Morgan fingerprint density at radius 2 is 1.86 bits per heavy atom. The Morgan fingerprint density at radius 1 is 1.14 bits per heavy atom. The summed E-state index contributed by atoms with van der Waals surface area (Å²) in [5, 5.41) is 3.46. The van der Waals surface area contributed by atoms with Crippen molar-refractivity contribution in [2.24, 2.45) is 0 Å². The third-order valence-electron chi connectivity index (χ3n) is 4.39. The highest BCUT2D eigenvalue weighted by atomic mass is 35.5. The zero-order chi connectivity index (χ0) is 21.2. The van der Waals surface area contributed by atoms with Crippen molar-refractivity contribution in [2.45, 2.75) is 38.6 Å². The van der Waals surface area contributed by atoms with Gasteiger partial charge in [0, 0.05) is 23.9 Å². The average Bonchev–Trinajstić information content (AvgIpc) is 2.69. The number of likely N-dealkylation sites (N-methyl/N-ethyl adjacent to an activating group) is 1. The molecule has 0 spiro atoms. The number of nitrogens with zero attached hydrogens (tertiary/aromatic N) is 1. The molecular weight excluding hydrogens is 411 g/mol. The summed E-state index contributed by atoms with van der Waals surface area (Å²) in [6.07, 6.45) is 0.498. The second-order valence-electron chi connectivity index (χ2n) is 6.59. The molecule has 1 N–H and O–H groups in total. The van der Waals surface area contributed by atoms with E-state index in [-0.39, 0.29) is 29.9 Å². The van der Waals surface area contributed by atoms with E-state index in [0.717, 1.165) is 11.1 Å². The molecule has 0 fully saturated rings. The maximum Gasteiger partial charge on any atom is 0.242 e. The van der Waals surface area contributed by atoms with Crippen molar-refractivity contribution < 1.29 is 14.0 Å². The van der Waals surface area contributed by atoms with Gasteiger partial charge in [-0.25, -0.2) is 4.39 Å². The molecule has 4 nitrogen and oxygen atoms in total. The Hall–Kier alpha value is -2.05. The summed E-state index contributed by atoms with van der Waals surface area (Å²) in [6, 6.07) is 12.9. The number of hydrogen-bond acceptors (Lipinski definition) is 3. The SMILES string of the molecule is CCNC(=O)[C@H](CC)N(Cc1ccc(F)cc1)C(=O)CSCc1cccc(Cl)c1. The third-order valence-corrected chi connectivity index (χ3v) is 5.61. The molecule has 29 heavy (non-hydrogen) atoms. The summed E-state index contributed by atoms with van der Waals surface area (Å²) < 4.78 is 13.2. The Bertz CT molecular complexity index is 817. The van der Waals surface area contributed by atoms with E-state index in [1.165, 1.54) is 23.9 Å². The maximum absolute atomic E-state index is 13.2. The van der Waals surface area contributed by atoms with E-state index >= 15 is 0 Å². The van der Waals surface area contributed by atoms with Gasteiger partial charge < -0.3 is 10.2 Å². The average molecular weight is 437 g/mol. The van der Waals surface area contributed by atoms with Crippen molar-refractivity contribution in [1.82, 2.24) is 10.2 Å². The minimum absolute atomic E-state index is 0.126. The van der Waals surface area contributed by atoms with Crippen LogP contribution in [-0.2, 0) is 21.9 Å². The van der Waals surface area contributed by atoms with Crippen LogP contribution in [0.3, 0.4) is 0 Å². The number of carbonyl (C=O) groups excluding carboxylic acids is 2. The molecule has 2 aromatic rings. The lowest BCUT2D eigenvalue weighted by atomic mass is 10.1. The summed E-state index contributed by atoms with van der Waals surface area (Å²) in [7, 11) is 0. The number of amides is 2. The van der Waals surface area contributed by atoms with Crippen molar-refractivity contribution in [3.63, 3.8) is 0 Å². The Morgan fingerprint density at radius 3 is 2.48 bits per heavy atom. The molecule has 0 aliphatic heterocycles. The lowest BCUT2D eigenvalue weighted by Crippen LogP contribution is -2.49. The maximum atomic E-state index is 13.2. The predicted octanol–water partition coefficient (Wildman–Crippen LogP) is 4.66. The lowest BCUT2D eigenvalue weighted by Gasteiger charge is -2.30. The highest BCUT2D eigenvalue weighted by Gasteiger charge is 2.28. The van der Waals surface area contributed by atoms with Crippen molar-refractivity contribution in [3.8, 4) is 0 Å². The van der Waals surface area contributed by atoms with Crippen LogP contribution in [0.5, 0.6) is 0 Å². The predicted molar refractivity (Wildman–Crippen MR) is 117 cm³/mol. The molecule has 0 saturated heterocycles. The van der Waals surface area contributed by atoms with E-state index in [4.69, 9.17) is 11.6 Å². The third kappa shape index (κ3) is 7.37. The van der Waals surface area contributed by atoms with Gasteiger partial charge in [-0.2, -0.15) is 0 Å². The minimum atomic E-state index is -0.570. The molecule has 0 unspecified atom stereocenters. The van der Waals surface area contributed by atoms with Gasteiger partial charge in [0.2, 0.25) is 11.8 Å². The van der Waals surface area contributed by atoms with Gasteiger partial charge in [-0.05, 0) is 48.7 Å². The second-order valence-corrected chi connectivity index (χ2v) is 8.01. The van der Waals surface area contributed by atoms with Crippen LogP contribution in [0.2, 0.25) is 5.02 Å². The molecule has 156 valence electrons. The van der Waals surface area contributed by atoms with Gasteiger partial charge in [-0.15, -0.1) is 11.8 Å². The van der Waals surface area contributed by atoms with E-state index in [1.54, 1.807) is 17.0 Å². The molecule has 0 aliphatic carbocycles. The molecule has 1 atom stereocenters. The van der Waals surface area contributed by atoms with Gasteiger partial charge in [0.25, 0.3) is 0 Å². The van der Waals surface area contributed by atoms with Crippen LogP contribution in [-0.4, -0.2) is 35.1 Å². The number of hydrogen-bond donors (Lipinski definition) is 1. The van der Waals surface area contributed by atoms with Gasteiger partial charge in [0.15, 0.2) is 0 Å². The van der Waals surface area contributed by atoms with Gasteiger partial charge in [0.05, 0.1) is 5.75 Å². The molecule has 7 heteroatoms. The number of thioether (sulfide) groups is 1. The number of rotatable bonds is 10. The molecule has 2 amide bonds. The first-order chi connectivity index (χ1) is 13.9. The first-order valence-corrected chi connectivity index (χ1v) is 11.1. The topological polar surface area (TPSA) is 49.4 Å². The molecule has 0 aliphatic rings. The summed E-state index contributed by atoms with van der Waals surface area (Å²) in [4.78, 5) is 27.1. The monoisotopic (exact) mass is 436 g/mol. The molecule has 0 aromatic heterocycles. The van der Waals surface area contributed by atoms with Gasteiger partial charge in [-0.1, -0.05) is 42.8 Å². The Labute approximate surface area is 180 Å². The van der Waals surface area contributed by atoms with E-state index in [2.05, 4.69) is 5.32 Å². The second kappa shape index (κ2) is 11.8. The van der Waals surface area contributed by atoms with Crippen LogP contribution in [0.4, 0.5) is 4.39 Å². The smallest absolute Gasteiger partial charge is 0.242 e. The van der Waals surface area contributed by atoms with Crippen LogP contribution < -0.4 is 5.32 Å². The Kier molecular flexibility index (Phi) is 9.48. The van der Waals surface area contributed by atoms with Crippen molar-refractivity contribution in [1.29, 1.82) is 0 Å². The van der Waals surface area contributed by atoms with E-state index < -0.39 is 6.04 Å². The van der Waals surface area contributed by atoms with Crippen LogP contribution in [0, 0.1) is 5.82 Å². The fourth-order valence-electron chi connectivity index (χ4n) is 2.96. The Balaban J connectivity index is 2.10. The summed E-state index contributed by atoms with van der Waals surface area (Å²) in [5.74, 6) is 0.252. The van der Waals surface area contributed by atoms with Gasteiger partial charge in [-0.3, -0.25) is 9.59 Å². The van der Waals surface area contributed by atoms with Gasteiger partial charge >= 0.3 is 0 Å². The number of nitrogens with one attached hydrogen (secondary N) is 1. The van der Waals surface area contributed by atoms with Crippen LogP contribution in [0.1, 0.15) is 31.4 Å². The first-order valence-electron chi connectivity index (χ1n) is 9.58. The summed E-state index contributed by atoms with van der Waals surface area (Å²) >= 11 is 7.48. The molecule has 2 rings (SSSR count). The highest BCUT2D eigenvalue weighted by Crippen LogP contribution is 2.19. The first kappa shape index (κ1) is 23.2. The number of carbonyl (C=O) groups is 2. The summed E-state index contributed by atoms with van der Waals surface area (Å²) in [6.45, 7) is 4.48. The molecule has 0 saturated carbocycles. The molecule has 0 radical (unpaired) electrons. The normalized spacial score (nSPS) is 11.7. The van der Waals surface area contributed by atoms with E-state index in [0.29, 0.717) is 23.7 Å². The zero-order valence-corrected chi connectivity index (χ0v) is 18.2. The molecule has 2 aromatic carbocycles. The highest BCUT2D eigenvalue weighted by molar-refractivity contribution is 7.99. The van der Waals surface area contributed by atoms with E-state index in [1.807, 2.05) is 38.1 Å². The number of benzene rings is 2. The fraction of sp³-hybridized carbons (Fsp3) is 0.364. The van der Waals surface area contributed by atoms with E-state index in [9.17, 15) is 14.0 Å². The minimum Gasteiger partial charge on any atom is -0.355 e. The van der Waals surface area contributed by atoms with Crippen molar-refractivity contribution >= 4 is 35.2 Å². The van der Waals surface area contributed by atoms with Gasteiger partial charge in [0.1, 0.15) is 11.9 Å². The largest absolute Gasteiger partial charge is 0.355 e. The molecular formula is C22H26ClFN2O2S. The van der Waals surface area contributed by atoms with Crippen LogP contribution >= 0.6 is 23.4 Å². The fourth-order valence-corrected chi connectivity index (χ4v) is 4.03. The van der Waals surface area contributed by atoms with Crippen molar-refractivity contribution in [2.75, 3.05) is 12.3 Å². The zero-order valence-electron chi connectivity index (χ0n) is 16.7. The van der Waals surface area contributed by atoms with Crippen LogP contribution in [0.15, 0.2) is 48.5 Å². The quantitative estimate of drug-likeness (QED) is 0.589. The molecule has 0 heterocycles.